The lowest BCUT2D eigenvalue weighted by Crippen LogP contribution is -2.22. The molecule has 1 heterocycles. The molecule has 0 radical (unpaired) electrons. The molecule has 0 fully saturated rings. The fourth-order valence-electron chi connectivity index (χ4n) is 1.96. The van der Waals surface area contributed by atoms with Gasteiger partial charge in [0.2, 0.25) is 0 Å². The van der Waals surface area contributed by atoms with Crippen LogP contribution >= 0.6 is 0 Å². The van der Waals surface area contributed by atoms with E-state index in [0.29, 0.717) is 0 Å². The van der Waals surface area contributed by atoms with Crippen molar-refractivity contribution in [2.45, 2.75) is 20.8 Å². The van der Waals surface area contributed by atoms with E-state index in [9.17, 15) is 0 Å². The first-order valence-electron chi connectivity index (χ1n) is 5.87. The van der Waals surface area contributed by atoms with Gasteiger partial charge in [-0.3, -0.25) is 0 Å². The number of pyridine rings is 1. The maximum Gasteiger partial charge on any atom is 0.129 e. The number of aromatic nitrogens is 1. The largest absolute Gasteiger partial charge is 0.357 e. The van der Waals surface area contributed by atoms with Gasteiger partial charge in [-0.2, -0.15) is 0 Å². The summed E-state index contributed by atoms with van der Waals surface area (Å²) in [5.41, 5.74) is 2.36. The third-order valence-electron chi connectivity index (χ3n) is 2.92. The van der Waals surface area contributed by atoms with Gasteiger partial charge >= 0.3 is 0 Å². The van der Waals surface area contributed by atoms with Gasteiger partial charge in [-0.05, 0) is 45.0 Å². The molecule has 1 aromatic carbocycles. The average Bonchev–Trinajstić information content (AvgIpc) is 2.31. The smallest absolute Gasteiger partial charge is 0.129 e. The van der Waals surface area contributed by atoms with Crippen LogP contribution in [-0.4, -0.2) is 18.1 Å². The average molecular weight is 214 g/mol. The summed E-state index contributed by atoms with van der Waals surface area (Å²) in [6, 6.07) is 10.6. The molecule has 0 aliphatic rings. The zero-order valence-electron chi connectivity index (χ0n) is 10.2. The van der Waals surface area contributed by atoms with Gasteiger partial charge < -0.3 is 4.90 Å². The van der Waals surface area contributed by atoms with Crippen LogP contribution < -0.4 is 4.90 Å². The standard InChI is InChI=1S/C14H18N2/c1-4-16(5-2)14-9-7-12-10-11(3)6-8-13(12)15-14/h6-10H,4-5H2,1-3H3. The first-order valence-corrected chi connectivity index (χ1v) is 5.87. The predicted molar refractivity (Wildman–Crippen MR) is 70.0 cm³/mol. The highest BCUT2D eigenvalue weighted by Crippen LogP contribution is 2.18. The number of hydrogen-bond acceptors (Lipinski definition) is 2. The molecule has 0 spiro atoms. The van der Waals surface area contributed by atoms with Crippen molar-refractivity contribution in [3.63, 3.8) is 0 Å². The quantitative estimate of drug-likeness (QED) is 0.778. The highest BCUT2D eigenvalue weighted by molar-refractivity contribution is 5.81. The van der Waals surface area contributed by atoms with E-state index in [1.807, 2.05) is 0 Å². The molecule has 1 aromatic heterocycles. The molecule has 0 saturated heterocycles. The topological polar surface area (TPSA) is 16.1 Å². The zero-order chi connectivity index (χ0) is 11.5. The van der Waals surface area contributed by atoms with Gasteiger partial charge in [0.05, 0.1) is 5.52 Å². The summed E-state index contributed by atoms with van der Waals surface area (Å²) >= 11 is 0. The molecule has 2 nitrogen and oxygen atoms in total. The van der Waals surface area contributed by atoms with Gasteiger partial charge in [-0.15, -0.1) is 0 Å². The van der Waals surface area contributed by atoms with Gasteiger partial charge in [0, 0.05) is 18.5 Å². The SMILES string of the molecule is CCN(CC)c1ccc2cc(C)ccc2n1. The van der Waals surface area contributed by atoms with Crippen LogP contribution in [0.2, 0.25) is 0 Å². The Hall–Kier alpha value is -1.57. The monoisotopic (exact) mass is 214 g/mol. The zero-order valence-corrected chi connectivity index (χ0v) is 10.2. The number of hydrogen-bond donors (Lipinski definition) is 0. The van der Waals surface area contributed by atoms with E-state index in [2.05, 4.69) is 61.0 Å². The number of nitrogens with zero attached hydrogens (tertiary/aromatic N) is 2. The number of fused-ring (bicyclic) bond motifs is 1. The van der Waals surface area contributed by atoms with Crippen LogP contribution in [0.5, 0.6) is 0 Å². The highest BCUT2D eigenvalue weighted by Gasteiger charge is 2.04. The Morgan fingerprint density at radius 3 is 2.50 bits per heavy atom. The predicted octanol–water partition coefficient (Wildman–Crippen LogP) is 3.39. The normalized spacial score (nSPS) is 10.7. The summed E-state index contributed by atoms with van der Waals surface area (Å²) in [7, 11) is 0. The van der Waals surface area contributed by atoms with Crippen molar-refractivity contribution >= 4 is 16.7 Å². The minimum Gasteiger partial charge on any atom is -0.357 e. The van der Waals surface area contributed by atoms with Crippen molar-refractivity contribution in [1.82, 2.24) is 4.98 Å². The summed E-state index contributed by atoms with van der Waals surface area (Å²) in [5.74, 6) is 1.07. The second-order valence-electron chi connectivity index (χ2n) is 4.04. The summed E-state index contributed by atoms with van der Waals surface area (Å²) in [6.45, 7) is 8.43. The molecule has 0 aliphatic heterocycles. The van der Waals surface area contributed by atoms with Gasteiger partial charge in [0.1, 0.15) is 5.82 Å². The minimum absolute atomic E-state index is 1.00. The molecular formula is C14H18N2. The molecule has 2 rings (SSSR count). The van der Waals surface area contributed by atoms with Crippen LogP contribution in [-0.2, 0) is 0 Å². The Bertz CT molecular complexity index is 487. The van der Waals surface area contributed by atoms with Gasteiger partial charge in [-0.25, -0.2) is 4.98 Å². The molecule has 0 N–H and O–H groups in total. The summed E-state index contributed by atoms with van der Waals surface area (Å²) < 4.78 is 0. The second-order valence-corrected chi connectivity index (χ2v) is 4.04. The van der Waals surface area contributed by atoms with Crippen LogP contribution in [0.4, 0.5) is 5.82 Å². The molecular weight excluding hydrogens is 196 g/mol. The van der Waals surface area contributed by atoms with Crippen molar-refractivity contribution in [3.8, 4) is 0 Å². The first-order chi connectivity index (χ1) is 7.74. The van der Waals surface area contributed by atoms with E-state index in [1.54, 1.807) is 0 Å². The van der Waals surface area contributed by atoms with Crippen molar-refractivity contribution < 1.29 is 0 Å². The van der Waals surface area contributed by atoms with E-state index in [1.165, 1.54) is 10.9 Å². The van der Waals surface area contributed by atoms with Crippen LogP contribution in [0.25, 0.3) is 10.9 Å². The molecule has 16 heavy (non-hydrogen) atoms. The summed E-state index contributed by atoms with van der Waals surface area (Å²) in [6.07, 6.45) is 0. The Labute approximate surface area is 96.9 Å². The number of benzene rings is 1. The van der Waals surface area contributed by atoms with Crippen LogP contribution in [0.1, 0.15) is 19.4 Å². The Morgan fingerprint density at radius 2 is 1.81 bits per heavy atom. The third kappa shape index (κ3) is 2.01. The van der Waals surface area contributed by atoms with Crippen LogP contribution in [0.15, 0.2) is 30.3 Å². The van der Waals surface area contributed by atoms with Gasteiger partial charge in [0.25, 0.3) is 0 Å². The Balaban J connectivity index is 2.47. The molecule has 0 amide bonds. The molecule has 0 unspecified atom stereocenters. The maximum atomic E-state index is 4.68. The Morgan fingerprint density at radius 1 is 1.06 bits per heavy atom. The Kier molecular flexibility index (Phi) is 3.09. The van der Waals surface area contributed by atoms with Crippen LogP contribution in [0.3, 0.4) is 0 Å². The number of aryl methyl sites for hydroxylation is 1. The maximum absolute atomic E-state index is 4.68. The number of anilines is 1. The molecule has 0 atom stereocenters. The first kappa shape index (κ1) is 10.9. The molecule has 0 bridgehead atoms. The molecule has 2 aromatic rings. The molecule has 84 valence electrons. The molecule has 2 heteroatoms. The van der Waals surface area contributed by atoms with Crippen LogP contribution in [0, 0.1) is 6.92 Å². The van der Waals surface area contributed by atoms with E-state index in [4.69, 9.17) is 0 Å². The van der Waals surface area contributed by atoms with E-state index in [-0.39, 0.29) is 0 Å². The van der Waals surface area contributed by atoms with Crippen molar-refractivity contribution in [2.75, 3.05) is 18.0 Å². The van der Waals surface area contributed by atoms with Crippen molar-refractivity contribution in [3.05, 3.63) is 35.9 Å². The fraction of sp³-hybridized carbons (Fsp3) is 0.357. The van der Waals surface area contributed by atoms with Crippen molar-refractivity contribution in [2.24, 2.45) is 0 Å². The fourth-order valence-corrected chi connectivity index (χ4v) is 1.96. The molecule has 0 aliphatic carbocycles. The second kappa shape index (κ2) is 4.52. The molecule has 0 saturated carbocycles. The lowest BCUT2D eigenvalue weighted by atomic mass is 10.1. The lowest BCUT2D eigenvalue weighted by Gasteiger charge is -2.19. The summed E-state index contributed by atoms with van der Waals surface area (Å²) in [4.78, 5) is 6.95. The minimum atomic E-state index is 1.00. The van der Waals surface area contributed by atoms with Gasteiger partial charge in [-0.1, -0.05) is 11.6 Å². The summed E-state index contributed by atoms with van der Waals surface area (Å²) in [5, 5.41) is 1.22. The number of rotatable bonds is 3. The highest BCUT2D eigenvalue weighted by atomic mass is 15.2. The van der Waals surface area contributed by atoms with Gasteiger partial charge in [0.15, 0.2) is 0 Å². The van der Waals surface area contributed by atoms with Crippen molar-refractivity contribution in [1.29, 1.82) is 0 Å². The van der Waals surface area contributed by atoms with E-state index >= 15 is 0 Å². The lowest BCUT2D eigenvalue weighted by molar-refractivity contribution is 0.850. The van der Waals surface area contributed by atoms with E-state index in [0.717, 1.165) is 24.4 Å². The third-order valence-corrected chi connectivity index (χ3v) is 2.92. The van der Waals surface area contributed by atoms with E-state index < -0.39 is 0 Å².